The van der Waals surface area contributed by atoms with Gasteiger partial charge >= 0.3 is 0 Å². The van der Waals surface area contributed by atoms with Crippen LogP contribution in [-0.2, 0) is 11.2 Å². The maximum atomic E-state index is 6.03. The van der Waals surface area contributed by atoms with Crippen LogP contribution in [0.2, 0.25) is 0 Å². The molecule has 1 unspecified atom stereocenters. The molecule has 0 radical (unpaired) electrons. The zero-order valence-electron chi connectivity index (χ0n) is 7.91. The molecule has 1 fully saturated rings. The van der Waals surface area contributed by atoms with Gasteiger partial charge in [0.1, 0.15) is 0 Å². The fraction of sp³-hybridized carbons (Fsp3) is 0.778. The highest BCUT2D eigenvalue weighted by Gasteiger charge is 2.33. The minimum Gasteiger partial charge on any atom is -0.381 e. The summed E-state index contributed by atoms with van der Waals surface area (Å²) in [7, 11) is 0. The lowest BCUT2D eigenvalue weighted by atomic mass is 9.80. The van der Waals surface area contributed by atoms with E-state index in [0.717, 1.165) is 38.2 Å². The van der Waals surface area contributed by atoms with Gasteiger partial charge < -0.3 is 4.74 Å². The quantitative estimate of drug-likeness (QED) is 0.749. The van der Waals surface area contributed by atoms with E-state index in [1.807, 2.05) is 6.20 Å². The average Bonchev–Trinajstić information content (AvgIpc) is 2.72. The van der Waals surface area contributed by atoms with Crippen LogP contribution < -0.4 is 0 Å². The molecule has 0 amide bonds. The number of halogens is 1. The van der Waals surface area contributed by atoms with Crippen molar-refractivity contribution in [1.82, 2.24) is 8.75 Å². The number of rotatable bonds is 3. The van der Waals surface area contributed by atoms with Crippen LogP contribution in [0.15, 0.2) is 6.20 Å². The highest BCUT2D eigenvalue weighted by Crippen LogP contribution is 2.33. The summed E-state index contributed by atoms with van der Waals surface area (Å²) in [6, 6.07) is 0. The Hall–Kier alpha value is -0.190. The molecule has 1 aliphatic heterocycles. The zero-order chi connectivity index (χ0) is 9.86. The SMILES string of the molecule is ClCC1(Cc2cnsn2)CCCOC1. The lowest BCUT2D eigenvalue weighted by Gasteiger charge is -2.34. The highest BCUT2D eigenvalue weighted by atomic mass is 35.5. The molecule has 0 spiro atoms. The Labute approximate surface area is 92.8 Å². The molecule has 0 bridgehead atoms. The number of hydrogen-bond acceptors (Lipinski definition) is 4. The number of aromatic nitrogens is 2. The average molecular weight is 233 g/mol. The third kappa shape index (κ3) is 2.24. The number of alkyl halides is 1. The van der Waals surface area contributed by atoms with Crippen LogP contribution in [0.1, 0.15) is 18.5 Å². The third-order valence-corrected chi connectivity index (χ3v) is 3.73. The van der Waals surface area contributed by atoms with E-state index in [2.05, 4.69) is 8.75 Å². The lowest BCUT2D eigenvalue weighted by molar-refractivity contribution is 0.00439. The first-order valence-corrected chi connectivity index (χ1v) is 6.01. The van der Waals surface area contributed by atoms with Crippen molar-refractivity contribution in [3.05, 3.63) is 11.9 Å². The van der Waals surface area contributed by atoms with E-state index in [0.29, 0.717) is 5.88 Å². The van der Waals surface area contributed by atoms with Gasteiger partial charge in [-0.3, -0.25) is 0 Å². The van der Waals surface area contributed by atoms with Crippen LogP contribution in [0, 0.1) is 5.41 Å². The van der Waals surface area contributed by atoms with Crippen molar-refractivity contribution >= 4 is 23.3 Å². The van der Waals surface area contributed by atoms with E-state index >= 15 is 0 Å². The fourth-order valence-corrected chi connectivity index (χ4v) is 2.59. The summed E-state index contributed by atoms with van der Waals surface area (Å²) in [4.78, 5) is 0. The Kier molecular flexibility index (Phi) is 3.36. The largest absolute Gasteiger partial charge is 0.381 e. The summed E-state index contributed by atoms with van der Waals surface area (Å²) < 4.78 is 13.7. The molecule has 5 heteroatoms. The molecule has 2 rings (SSSR count). The Morgan fingerprint density at radius 3 is 3.14 bits per heavy atom. The van der Waals surface area contributed by atoms with Crippen molar-refractivity contribution in [1.29, 1.82) is 0 Å². The van der Waals surface area contributed by atoms with Crippen LogP contribution in [-0.4, -0.2) is 27.8 Å². The summed E-state index contributed by atoms with van der Waals surface area (Å²) in [5.41, 5.74) is 1.14. The molecular formula is C9H13ClN2OS. The van der Waals surface area contributed by atoms with Crippen LogP contribution >= 0.6 is 23.3 Å². The maximum absolute atomic E-state index is 6.03. The fourth-order valence-electron chi connectivity index (χ4n) is 1.85. The molecule has 0 aliphatic carbocycles. The Morgan fingerprint density at radius 2 is 2.57 bits per heavy atom. The third-order valence-electron chi connectivity index (χ3n) is 2.65. The van der Waals surface area contributed by atoms with Gasteiger partial charge in [0.25, 0.3) is 0 Å². The summed E-state index contributed by atoms with van der Waals surface area (Å²) in [6.07, 6.45) is 4.96. The van der Waals surface area contributed by atoms with Gasteiger partial charge in [-0.2, -0.15) is 8.75 Å². The molecule has 78 valence electrons. The van der Waals surface area contributed by atoms with Crippen molar-refractivity contribution in [3.8, 4) is 0 Å². The van der Waals surface area contributed by atoms with Crippen LogP contribution in [0.25, 0.3) is 0 Å². The van der Waals surface area contributed by atoms with E-state index in [1.54, 1.807) is 0 Å². The van der Waals surface area contributed by atoms with Crippen molar-refractivity contribution in [2.45, 2.75) is 19.3 Å². The van der Waals surface area contributed by atoms with Crippen molar-refractivity contribution in [3.63, 3.8) is 0 Å². The van der Waals surface area contributed by atoms with Crippen molar-refractivity contribution in [2.75, 3.05) is 19.1 Å². The number of nitrogens with zero attached hydrogens (tertiary/aromatic N) is 2. The molecule has 1 atom stereocenters. The molecule has 2 heterocycles. The second-order valence-corrected chi connectivity index (χ2v) is 4.69. The number of ether oxygens (including phenoxy) is 1. The summed E-state index contributed by atoms with van der Waals surface area (Å²) >= 11 is 7.28. The molecule has 0 N–H and O–H groups in total. The first kappa shape index (κ1) is 10.3. The molecular weight excluding hydrogens is 220 g/mol. The maximum Gasteiger partial charge on any atom is 0.0749 e. The minimum atomic E-state index is 0.0928. The predicted molar refractivity (Wildman–Crippen MR) is 56.8 cm³/mol. The summed E-state index contributed by atoms with van der Waals surface area (Å²) in [5.74, 6) is 0.643. The van der Waals surface area contributed by atoms with Crippen LogP contribution in [0.3, 0.4) is 0 Å². The molecule has 1 aromatic heterocycles. The first-order valence-electron chi connectivity index (χ1n) is 4.75. The van der Waals surface area contributed by atoms with Gasteiger partial charge in [0.05, 0.1) is 30.2 Å². The van der Waals surface area contributed by atoms with Crippen LogP contribution in [0.4, 0.5) is 0 Å². The standard InChI is InChI=1S/C9H13ClN2OS/c10-6-9(2-1-3-13-7-9)4-8-5-11-14-12-8/h5H,1-4,6-7H2. The van der Waals surface area contributed by atoms with Crippen LogP contribution in [0.5, 0.6) is 0 Å². The van der Waals surface area contributed by atoms with E-state index in [1.165, 1.54) is 11.7 Å². The molecule has 3 nitrogen and oxygen atoms in total. The Balaban J connectivity index is 2.04. The van der Waals surface area contributed by atoms with Gasteiger partial charge in [-0.1, -0.05) is 0 Å². The Morgan fingerprint density at radius 1 is 1.64 bits per heavy atom. The van der Waals surface area contributed by atoms with Gasteiger partial charge in [-0.25, -0.2) is 0 Å². The van der Waals surface area contributed by atoms with Gasteiger partial charge in [-0.15, -0.1) is 11.6 Å². The molecule has 14 heavy (non-hydrogen) atoms. The minimum absolute atomic E-state index is 0.0928. The molecule has 0 aromatic carbocycles. The second kappa shape index (κ2) is 4.55. The number of hydrogen-bond donors (Lipinski definition) is 0. The van der Waals surface area contributed by atoms with Crippen molar-refractivity contribution in [2.24, 2.45) is 5.41 Å². The van der Waals surface area contributed by atoms with Crippen molar-refractivity contribution < 1.29 is 4.74 Å². The smallest absolute Gasteiger partial charge is 0.0749 e. The second-order valence-electron chi connectivity index (χ2n) is 3.87. The van der Waals surface area contributed by atoms with E-state index in [4.69, 9.17) is 16.3 Å². The summed E-state index contributed by atoms with van der Waals surface area (Å²) in [5, 5.41) is 0. The van der Waals surface area contributed by atoms with E-state index < -0.39 is 0 Å². The monoisotopic (exact) mass is 232 g/mol. The van der Waals surface area contributed by atoms with Gasteiger partial charge in [0, 0.05) is 24.3 Å². The highest BCUT2D eigenvalue weighted by molar-refractivity contribution is 6.99. The normalized spacial score (nSPS) is 27.8. The van der Waals surface area contributed by atoms with Gasteiger partial charge in [0.15, 0.2) is 0 Å². The lowest BCUT2D eigenvalue weighted by Crippen LogP contribution is -2.35. The van der Waals surface area contributed by atoms with Gasteiger partial charge in [0.2, 0.25) is 0 Å². The topological polar surface area (TPSA) is 35.0 Å². The molecule has 1 aliphatic rings. The molecule has 0 saturated carbocycles. The zero-order valence-corrected chi connectivity index (χ0v) is 9.48. The predicted octanol–water partition coefficient (Wildman–Crippen LogP) is 2.12. The molecule has 1 aromatic rings. The first-order chi connectivity index (χ1) is 6.85. The van der Waals surface area contributed by atoms with E-state index in [-0.39, 0.29) is 5.41 Å². The molecule has 1 saturated heterocycles. The van der Waals surface area contributed by atoms with Gasteiger partial charge in [-0.05, 0) is 12.8 Å². The van der Waals surface area contributed by atoms with E-state index in [9.17, 15) is 0 Å². The summed E-state index contributed by atoms with van der Waals surface area (Å²) in [6.45, 7) is 1.63. The Bertz CT molecular complexity index is 272.